The number of carboxylic acids is 1. The van der Waals surface area contributed by atoms with Crippen LogP contribution < -0.4 is 5.32 Å². The number of carboxylic acid groups (broad SMARTS) is 1. The lowest BCUT2D eigenvalue weighted by atomic mass is 10.1. The molecule has 0 aliphatic heterocycles. The Morgan fingerprint density at radius 1 is 1.25 bits per heavy atom. The molecule has 0 aliphatic rings. The first-order valence-corrected chi connectivity index (χ1v) is 9.26. The average Bonchev–Trinajstić information content (AvgIpc) is 2.47. The Hall–Kier alpha value is -1.71. The van der Waals surface area contributed by atoms with Crippen molar-refractivity contribution < 1.29 is 27.1 Å². The second kappa shape index (κ2) is 6.66. The highest BCUT2D eigenvalue weighted by Gasteiger charge is 2.22. The van der Waals surface area contributed by atoms with Gasteiger partial charge in [0.1, 0.15) is 0 Å². The van der Waals surface area contributed by atoms with Crippen molar-refractivity contribution in [1.29, 1.82) is 0 Å². The van der Waals surface area contributed by atoms with Crippen LogP contribution in [-0.4, -0.2) is 25.7 Å². The highest BCUT2D eigenvalue weighted by molar-refractivity contribution is 9.10. The fourth-order valence-electron chi connectivity index (χ4n) is 1.85. The van der Waals surface area contributed by atoms with Crippen LogP contribution in [0.1, 0.15) is 10.4 Å². The molecule has 0 atom stereocenters. The molecule has 2 N–H and O–H groups in total. The number of rotatable bonds is 4. The summed E-state index contributed by atoms with van der Waals surface area (Å²) in [6.07, 6.45) is 0.984. The van der Waals surface area contributed by atoms with Crippen LogP contribution in [0, 0.1) is 11.6 Å². The van der Waals surface area contributed by atoms with Crippen molar-refractivity contribution >= 4 is 54.7 Å². The molecule has 5 nitrogen and oxygen atoms in total. The van der Waals surface area contributed by atoms with Crippen LogP contribution in [0.5, 0.6) is 0 Å². The minimum atomic E-state index is -3.50. The topological polar surface area (TPSA) is 83.5 Å². The summed E-state index contributed by atoms with van der Waals surface area (Å²) in [6, 6.07) is 4.45. The number of sulfone groups is 1. The standard InChI is InChI=1S/C14H9BrClF2NO4S/c1-24(22,23)6-2-3-10(9(16)4-6)19-13-7(14(20)21)5-8(15)11(17)12(13)18/h2-5,19H,1H3,(H,20,21). The molecule has 0 aliphatic carbocycles. The number of carbonyl (C=O) groups is 1. The van der Waals surface area contributed by atoms with E-state index < -0.39 is 38.7 Å². The molecule has 0 saturated carbocycles. The van der Waals surface area contributed by atoms with Gasteiger partial charge in [-0.05, 0) is 40.2 Å². The van der Waals surface area contributed by atoms with Gasteiger partial charge in [0.15, 0.2) is 21.5 Å². The highest BCUT2D eigenvalue weighted by atomic mass is 79.9. The quantitative estimate of drug-likeness (QED) is 0.695. The van der Waals surface area contributed by atoms with Crippen LogP contribution in [0.4, 0.5) is 20.2 Å². The number of halogens is 4. The molecule has 0 bridgehead atoms. The van der Waals surface area contributed by atoms with E-state index in [9.17, 15) is 22.0 Å². The molecule has 2 rings (SSSR count). The van der Waals surface area contributed by atoms with Gasteiger partial charge in [-0.2, -0.15) is 0 Å². The summed E-state index contributed by atoms with van der Waals surface area (Å²) in [6.45, 7) is 0. The molecule has 0 radical (unpaired) electrons. The summed E-state index contributed by atoms with van der Waals surface area (Å²) in [5.74, 6) is -4.17. The summed E-state index contributed by atoms with van der Waals surface area (Å²) in [4.78, 5) is 11.2. The summed E-state index contributed by atoms with van der Waals surface area (Å²) in [5, 5.41) is 11.4. The van der Waals surface area contributed by atoms with Crippen LogP contribution in [0.15, 0.2) is 33.6 Å². The Kier molecular flexibility index (Phi) is 5.17. The fourth-order valence-corrected chi connectivity index (χ4v) is 3.19. The molecular formula is C14H9BrClF2NO4S. The fraction of sp³-hybridized carbons (Fsp3) is 0.0714. The van der Waals surface area contributed by atoms with Gasteiger partial charge >= 0.3 is 5.97 Å². The number of nitrogens with one attached hydrogen (secondary N) is 1. The van der Waals surface area contributed by atoms with Gasteiger partial charge in [-0.3, -0.25) is 0 Å². The SMILES string of the molecule is CS(=O)(=O)c1ccc(Nc2c(C(=O)O)cc(Br)c(F)c2F)c(Cl)c1. The van der Waals surface area contributed by atoms with Crippen LogP contribution in [0.2, 0.25) is 5.02 Å². The molecule has 0 unspecified atom stereocenters. The monoisotopic (exact) mass is 439 g/mol. The summed E-state index contributed by atoms with van der Waals surface area (Å²) >= 11 is 8.67. The maximum atomic E-state index is 14.1. The van der Waals surface area contributed by atoms with Gasteiger partial charge in [-0.15, -0.1) is 0 Å². The minimum absolute atomic E-state index is 0.0205. The Morgan fingerprint density at radius 3 is 2.38 bits per heavy atom. The van der Waals surface area contributed by atoms with E-state index in [0.29, 0.717) is 0 Å². The Balaban J connectivity index is 2.56. The third-order valence-corrected chi connectivity index (χ3v) is 5.02. The molecule has 24 heavy (non-hydrogen) atoms. The Morgan fingerprint density at radius 2 is 1.88 bits per heavy atom. The van der Waals surface area contributed by atoms with Gasteiger partial charge in [0.2, 0.25) is 0 Å². The number of hydrogen-bond acceptors (Lipinski definition) is 4. The number of anilines is 2. The van der Waals surface area contributed by atoms with Crippen molar-refractivity contribution in [2.45, 2.75) is 4.90 Å². The third-order valence-electron chi connectivity index (χ3n) is 3.02. The van der Waals surface area contributed by atoms with Crippen molar-refractivity contribution in [2.75, 3.05) is 11.6 Å². The smallest absolute Gasteiger partial charge is 0.337 e. The molecule has 2 aromatic rings. The maximum absolute atomic E-state index is 14.1. The minimum Gasteiger partial charge on any atom is -0.478 e. The summed E-state index contributed by atoms with van der Waals surface area (Å²) in [7, 11) is -3.50. The van der Waals surface area contributed by atoms with Crippen LogP contribution in [-0.2, 0) is 9.84 Å². The molecular weight excluding hydrogens is 432 g/mol. The first-order valence-electron chi connectivity index (χ1n) is 6.19. The van der Waals surface area contributed by atoms with Crippen LogP contribution >= 0.6 is 27.5 Å². The first kappa shape index (κ1) is 18.6. The van der Waals surface area contributed by atoms with Crippen molar-refractivity contribution in [3.05, 3.63) is 51.0 Å². The lowest BCUT2D eigenvalue weighted by molar-refractivity contribution is 0.0697. The van der Waals surface area contributed by atoms with Crippen LogP contribution in [0.25, 0.3) is 0 Å². The molecule has 128 valence electrons. The second-order valence-corrected chi connectivity index (χ2v) is 8.03. The molecule has 0 saturated heterocycles. The molecule has 0 heterocycles. The van der Waals surface area contributed by atoms with E-state index in [1.165, 1.54) is 12.1 Å². The summed E-state index contributed by atoms with van der Waals surface area (Å²) < 4.78 is 50.4. The molecule has 0 amide bonds. The van der Waals surface area contributed by atoms with Crippen LogP contribution in [0.3, 0.4) is 0 Å². The van der Waals surface area contributed by atoms with E-state index in [0.717, 1.165) is 18.4 Å². The number of aromatic carboxylic acids is 1. The number of benzene rings is 2. The van der Waals surface area contributed by atoms with E-state index in [4.69, 9.17) is 16.7 Å². The van der Waals surface area contributed by atoms with E-state index in [2.05, 4.69) is 21.2 Å². The van der Waals surface area contributed by atoms with E-state index in [1.807, 2.05) is 0 Å². The predicted molar refractivity (Wildman–Crippen MR) is 88.9 cm³/mol. The van der Waals surface area contributed by atoms with Crippen molar-refractivity contribution in [3.8, 4) is 0 Å². The van der Waals surface area contributed by atoms with Gasteiger partial charge in [0.05, 0.1) is 31.3 Å². The second-order valence-electron chi connectivity index (χ2n) is 4.75. The zero-order valence-electron chi connectivity index (χ0n) is 11.9. The predicted octanol–water partition coefficient (Wildman–Crippen LogP) is 4.23. The lowest BCUT2D eigenvalue weighted by Gasteiger charge is -2.14. The molecule has 10 heteroatoms. The van der Waals surface area contributed by atoms with Crippen molar-refractivity contribution in [2.24, 2.45) is 0 Å². The largest absolute Gasteiger partial charge is 0.478 e. The van der Waals surface area contributed by atoms with Crippen molar-refractivity contribution in [1.82, 2.24) is 0 Å². The molecule has 0 aromatic heterocycles. The van der Waals surface area contributed by atoms with E-state index in [1.54, 1.807) is 0 Å². The van der Waals surface area contributed by atoms with Gasteiger partial charge in [-0.1, -0.05) is 11.6 Å². The summed E-state index contributed by atoms with van der Waals surface area (Å²) in [5.41, 5.74) is -1.13. The number of hydrogen-bond donors (Lipinski definition) is 2. The average molecular weight is 441 g/mol. The normalized spacial score (nSPS) is 11.4. The van der Waals surface area contributed by atoms with E-state index in [-0.39, 0.29) is 20.1 Å². The molecule has 0 spiro atoms. The highest BCUT2D eigenvalue weighted by Crippen LogP contribution is 2.34. The molecule has 0 fully saturated rings. The van der Waals surface area contributed by atoms with Gasteiger partial charge < -0.3 is 10.4 Å². The lowest BCUT2D eigenvalue weighted by Crippen LogP contribution is -2.08. The molecule has 2 aromatic carbocycles. The maximum Gasteiger partial charge on any atom is 0.337 e. The van der Waals surface area contributed by atoms with Crippen molar-refractivity contribution in [3.63, 3.8) is 0 Å². The Labute approximate surface area is 149 Å². The van der Waals surface area contributed by atoms with E-state index >= 15 is 0 Å². The van der Waals surface area contributed by atoms with Gasteiger partial charge in [0.25, 0.3) is 0 Å². The van der Waals surface area contributed by atoms with Gasteiger partial charge in [0, 0.05) is 6.26 Å². The Bertz CT molecular complexity index is 950. The van der Waals surface area contributed by atoms with Gasteiger partial charge in [-0.25, -0.2) is 22.0 Å². The third kappa shape index (κ3) is 3.68. The zero-order valence-corrected chi connectivity index (χ0v) is 15.1. The zero-order chi connectivity index (χ0) is 18.2. The first-order chi connectivity index (χ1) is 11.0.